The number of hydrogen-bond donors (Lipinski definition) is 4. The Bertz CT molecular complexity index is 549. The fourth-order valence-electron chi connectivity index (χ4n) is 1.88. The van der Waals surface area contributed by atoms with Crippen LogP contribution >= 0.6 is 11.3 Å². The van der Waals surface area contributed by atoms with Gasteiger partial charge in [0.2, 0.25) is 0 Å². The van der Waals surface area contributed by atoms with Crippen LogP contribution in [0.3, 0.4) is 0 Å². The summed E-state index contributed by atoms with van der Waals surface area (Å²) in [6, 6.07) is 0. The van der Waals surface area contributed by atoms with Gasteiger partial charge < -0.3 is 21.7 Å². The largest absolute Gasteiger partial charge is 0.397 e. The first-order valence-corrected chi connectivity index (χ1v) is 7.34. The molecule has 1 aromatic rings. The van der Waals surface area contributed by atoms with Crippen molar-refractivity contribution in [3.8, 4) is 0 Å². The zero-order chi connectivity index (χ0) is 14.9. The van der Waals surface area contributed by atoms with Crippen molar-refractivity contribution < 1.29 is 9.59 Å². The van der Waals surface area contributed by atoms with Crippen molar-refractivity contribution in [2.75, 3.05) is 31.7 Å². The van der Waals surface area contributed by atoms with Gasteiger partial charge in [0, 0.05) is 20.6 Å². The average molecular weight is 296 g/mol. The molecule has 0 radical (unpaired) electrons. The Morgan fingerprint density at radius 1 is 1.25 bits per heavy atom. The third kappa shape index (κ3) is 2.72. The van der Waals surface area contributed by atoms with Crippen LogP contribution in [-0.4, -0.2) is 32.5 Å². The molecule has 6 nitrogen and oxygen atoms in total. The van der Waals surface area contributed by atoms with Crippen LogP contribution in [0.1, 0.15) is 39.8 Å². The second-order valence-electron chi connectivity index (χ2n) is 5.37. The molecule has 20 heavy (non-hydrogen) atoms. The predicted octanol–water partition coefficient (Wildman–Crippen LogP) is 1.26. The minimum atomic E-state index is -0.280. The Labute approximate surface area is 122 Å². The summed E-state index contributed by atoms with van der Waals surface area (Å²) in [5.41, 5.74) is 6.85. The first kappa shape index (κ1) is 14.6. The van der Waals surface area contributed by atoms with Gasteiger partial charge in [0.25, 0.3) is 11.8 Å². The second-order valence-corrected chi connectivity index (χ2v) is 6.39. The van der Waals surface area contributed by atoms with E-state index in [0.717, 1.165) is 6.54 Å². The van der Waals surface area contributed by atoms with Crippen LogP contribution in [0.4, 0.5) is 10.7 Å². The van der Waals surface area contributed by atoms with Gasteiger partial charge in [0.1, 0.15) is 9.88 Å². The Balaban J connectivity index is 2.32. The highest BCUT2D eigenvalue weighted by Gasteiger charge is 2.37. The van der Waals surface area contributed by atoms with Crippen LogP contribution in [0.5, 0.6) is 0 Å². The maximum atomic E-state index is 12.0. The van der Waals surface area contributed by atoms with E-state index in [1.54, 1.807) is 14.1 Å². The van der Waals surface area contributed by atoms with Gasteiger partial charge in [-0.15, -0.1) is 11.3 Å². The van der Waals surface area contributed by atoms with Crippen molar-refractivity contribution in [1.82, 2.24) is 10.6 Å². The Morgan fingerprint density at radius 2 is 1.85 bits per heavy atom. The quantitative estimate of drug-likeness (QED) is 0.658. The standard InChI is InChI=1S/C13H20N4O2S/c1-13(4-5-13)6-17-12-7(10(18)15-2)8(14)9(20-12)11(19)16-3/h17H,4-6,14H2,1-3H3,(H,15,18)(H,16,19). The minimum Gasteiger partial charge on any atom is -0.397 e. The molecule has 0 atom stereocenters. The summed E-state index contributed by atoms with van der Waals surface area (Å²) in [5, 5.41) is 9.03. The zero-order valence-electron chi connectivity index (χ0n) is 11.9. The molecule has 1 aromatic heterocycles. The predicted molar refractivity (Wildman–Crippen MR) is 81.3 cm³/mol. The van der Waals surface area contributed by atoms with E-state index >= 15 is 0 Å². The van der Waals surface area contributed by atoms with Gasteiger partial charge >= 0.3 is 0 Å². The topological polar surface area (TPSA) is 96.2 Å². The van der Waals surface area contributed by atoms with Crippen LogP contribution < -0.4 is 21.7 Å². The summed E-state index contributed by atoms with van der Waals surface area (Å²) in [7, 11) is 3.09. The maximum absolute atomic E-state index is 12.0. The number of carbonyl (C=O) groups excluding carboxylic acids is 2. The summed E-state index contributed by atoms with van der Waals surface area (Å²) < 4.78 is 0. The van der Waals surface area contributed by atoms with Crippen molar-refractivity contribution in [2.24, 2.45) is 5.41 Å². The number of nitrogen functional groups attached to an aromatic ring is 1. The maximum Gasteiger partial charge on any atom is 0.263 e. The molecule has 2 amide bonds. The van der Waals surface area contributed by atoms with Crippen LogP contribution in [-0.2, 0) is 0 Å². The number of nitrogens with two attached hydrogens (primary N) is 1. The Kier molecular flexibility index (Phi) is 3.89. The summed E-state index contributed by atoms with van der Waals surface area (Å²) in [4.78, 5) is 24.1. The number of rotatable bonds is 5. The van der Waals surface area contributed by atoms with Gasteiger partial charge in [-0.3, -0.25) is 9.59 Å². The van der Waals surface area contributed by atoms with Gasteiger partial charge in [-0.2, -0.15) is 0 Å². The molecule has 1 heterocycles. The van der Waals surface area contributed by atoms with E-state index in [1.165, 1.54) is 24.2 Å². The van der Waals surface area contributed by atoms with Crippen molar-refractivity contribution in [3.05, 3.63) is 10.4 Å². The van der Waals surface area contributed by atoms with Gasteiger partial charge in [0.15, 0.2) is 0 Å². The van der Waals surface area contributed by atoms with Crippen LogP contribution in [0, 0.1) is 5.41 Å². The summed E-state index contributed by atoms with van der Waals surface area (Å²) in [6.07, 6.45) is 2.36. The number of carbonyl (C=O) groups is 2. The zero-order valence-corrected chi connectivity index (χ0v) is 12.7. The van der Waals surface area contributed by atoms with Gasteiger partial charge in [-0.25, -0.2) is 0 Å². The fraction of sp³-hybridized carbons (Fsp3) is 0.538. The molecule has 1 saturated carbocycles. The van der Waals surface area contributed by atoms with Gasteiger partial charge in [0.05, 0.1) is 11.3 Å². The Hall–Kier alpha value is -1.76. The molecule has 1 fully saturated rings. The minimum absolute atomic E-state index is 0.233. The lowest BCUT2D eigenvalue weighted by molar-refractivity contribution is 0.0963. The molecular weight excluding hydrogens is 276 g/mol. The van der Waals surface area contributed by atoms with Crippen molar-refractivity contribution >= 4 is 33.8 Å². The lowest BCUT2D eigenvalue weighted by Crippen LogP contribution is -2.22. The smallest absolute Gasteiger partial charge is 0.263 e. The monoisotopic (exact) mass is 296 g/mol. The molecule has 0 unspecified atom stereocenters. The number of hydrogen-bond acceptors (Lipinski definition) is 5. The normalized spacial score (nSPS) is 15.6. The summed E-state index contributed by atoms with van der Waals surface area (Å²) >= 11 is 1.22. The van der Waals surface area contributed by atoms with Crippen molar-refractivity contribution in [3.63, 3.8) is 0 Å². The Morgan fingerprint density at radius 3 is 2.35 bits per heavy atom. The van der Waals surface area contributed by atoms with Crippen LogP contribution in [0.2, 0.25) is 0 Å². The van der Waals surface area contributed by atoms with E-state index in [1.807, 2.05) is 0 Å². The van der Waals surface area contributed by atoms with Crippen LogP contribution in [0.25, 0.3) is 0 Å². The highest BCUT2D eigenvalue weighted by atomic mass is 32.1. The first-order chi connectivity index (χ1) is 9.41. The van der Waals surface area contributed by atoms with Crippen molar-refractivity contribution in [2.45, 2.75) is 19.8 Å². The molecule has 2 rings (SSSR count). The number of thiophene rings is 1. The van der Waals surface area contributed by atoms with E-state index in [4.69, 9.17) is 5.73 Å². The molecule has 1 aliphatic carbocycles. The molecule has 5 N–H and O–H groups in total. The van der Waals surface area contributed by atoms with Crippen LogP contribution in [0.15, 0.2) is 0 Å². The second kappa shape index (κ2) is 5.32. The third-order valence-electron chi connectivity index (χ3n) is 3.61. The number of amides is 2. The molecule has 0 aliphatic heterocycles. The third-order valence-corrected chi connectivity index (χ3v) is 4.77. The molecule has 1 aliphatic rings. The van der Waals surface area contributed by atoms with E-state index in [2.05, 4.69) is 22.9 Å². The van der Waals surface area contributed by atoms with E-state index in [-0.39, 0.29) is 17.5 Å². The SMILES string of the molecule is CNC(=O)c1sc(NCC2(C)CC2)c(C(=O)NC)c1N. The molecular formula is C13H20N4O2S. The molecule has 0 bridgehead atoms. The highest BCUT2D eigenvalue weighted by molar-refractivity contribution is 7.19. The molecule has 0 aromatic carbocycles. The molecule has 0 spiro atoms. The van der Waals surface area contributed by atoms with Crippen molar-refractivity contribution in [1.29, 1.82) is 0 Å². The molecule has 0 saturated heterocycles. The van der Waals surface area contributed by atoms with Gasteiger partial charge in [-0.05, 0) is 18.3 Å². The average Bonchev–Trinajstić information content (AvgIpc) is 3.08. The molecule has 110 valence electrons. The van der Waals surface area contributed by atoms with Gasteiger partial charge in [-0.1, -0.05) is 6.92 Å². The summed E-state index contributed by atoms with van der Waals surface area (Å²) in [5.74, 6) is -0.555. The molecule has 7 heteroatoms. The van der Waals surface area contributed by atoms with E-state index < -0.39 is 0 Å². The van der Waals surface area contributed by atoms with E-state index in [9.17, 15) is 9.59 Å². The summed E-state index contributed by atoms with van der Waals surface area (Å²) in [6.45, 7) is 2.97. The number of anilines is 2. The fourth-order valence-corrected chi connectivity index (χ4v) is 2.94. The van der Waals surface area contributed by atoms with E-state index in [0.29, 0.717) is 20.9 Å². The number of nitrogens with one attached hydrogen (secondary N) is 3. The lowest BCUT2D eigenvalue weighted by atomic mass is 10.1. The lowest BCUT2D eigenvalue weighted by Gasteiger charge is -2.11. The first-order valence-electron chi connectivity index (χ1n) is 6.52. The highest BCUT2D eigenvalue weighted by Crippen LogP contribution is 2.46.